The number of oxazole rings is 1. The highest BCUT2D eigenvalue weighted by atomic mass is 16.5. The average molecular weight is 352 g/mol. The molecule has 0 fully saturated rings. The molecule has 1 aromatic heterocycles. The molecule has 0 bridgehead atoms. The van der Waals surface area contributed by atoms with E-state index < -0.39 is 5.97 Å². The highest BCUT2D eigenvalue weighted by Crippen LogP contribution is 2.31. The number of carboxylic acids is 1. The van der Waals surface area contributed by atoms with Crippen LogP contribution in [0.1, 0.15) is 36.8 Å². The smallest absolute Gasteiger partial charge is 0.358 e. The fraction of sp³-hybridized carbons (Fsp3) is 0.200. The van der Waals surface area contributed by atoms with Gasteiger partial charge >= 0.3 is 5.97 Å². The third-order valence-electron chi connectivity index (χ3n) is 4.14. The molecule has 0 saturated carbocycles. The number of carbonyl (C=O) groups is 1. The number of aromatic nitrogens is 1. The first-order valence-electron chi connectivity index (χ1n) is 8.20. The Balaban J connectivity index is 2.03. The van der Waals surface area contributed by atoms with Gasteiger partial charge in [0.2, 0.25) is 5.89 Å². The molecule has 0 saturated heterocycles. The molecule has 0 radical (unpaired) electrons. The van der Waals surface area contributed by atoms with Gasteiger partial charge in [0.15, 0.2) is 11.5 Å². The van der Waals surface area contributed by atoms with E-state index in [4.69, 9.17) is 4.42 Å². The molecule has 3 rings (SSSR count). The van der Waals surface area contributed by atoms with Gasteiger partial charge in [0, 0.05) is 11.1 Å². The summed E-state index contributed by atoms with van der Waals surface area (Å²) in [6.45, 7) is 6.37. The summed E-state index contributed by atoms with van der Waals surface area (Å²) in [6, 6.07) is 14.2. The number of carboxylic acid groups (broad SMARTS) is 1. The average Bonchev–Trinajstić information content (AvgIpc) is 3.07. The monoisotopic (exact) mass is 352 g/mol. The fourth-order valence-electron chi connectivity index (χ4n) is 2.61. The molecule has 3 N–H and O–H groups in total. The van der Waals surface area contributed by atoms with Crippen LogP contribution in [0.3, 0.4) is 0 Å². The number of nitrogens with zero attached hydrogens (tertiary/aromatic N) is 1. The number of benzene rings is 2. The molecule has 6 heteroatoms. The number of hydrogen-bond acceptors (Lipinski definition) is 4. The van der Waals surface area contributed by atoms with Gasteiger partial charge in [-0.2, -0.15) is 0 Å². The van der Waals surface area contributed by atoms with Crippen LogP contribution in [0.25, 0.3) is 22.8 Å². The molecule has 134 valence electrons. The summed E-state index contributed by atoms with van der Waals surface area (Å²) >= 11 is 0. The van der Waals surface area contributed by atoms with Crippen LogP contribution in [-0.4, -0.2) is 16.1 Å². The standard InChI is InChI=1S/C20H20N2O4/c1-20(2,3)14-8-4-13(5-9-14)18-21-16(19(23)24)17(26-18)12-6-10-15(22-25)11-7-12/h4-11H,22H2,1-3H3,(H,23,24). The number of rotatable bonds is 4. The van der Waals surface area contributed by atoms with Gasteiger partial charge in [-0.25, -0.2) is 9.78 Å². The van der Waals surface area contributed by atoms with E-state index in [0.717, 1.165) is 11.0 Å². The summed E-state index contributed by atoms with van der Waals surface area (Å²) in [4.78, 5) is 15.7. The van der Waals surface area contributed by atoms with Crippen molar-refractivity contribution in [1.29, 1.82) is 0 Å². The first kappa shape index (κ1) is 17.8. The van der Waals surface area contributed by atoms with E-state index in [9.17, 15) is 15.1 Å². The molecule has 0 aliphatic carbocycles. The van der Waals surface area contributed by atoms with Crippen molar-refractivity contribution in [3.8, 4) is 22.8 Å². The first-order chi connectivity index (χ1) is 12.3. The van der Waals surface area contributed by atoms with Crippen molar-refractivity contribution in [2.24, 2.45) is 0 Å². The summed E-state index contributed by atoms with van der Waals surface area (Å²) in [5, 5.41) is 20.2. The van der Waals surface area contributed by atoms with Gasteiger partial charge in [0.25, 0.3) is 0 Å². The number of hydrogen-bond donors (Lipinski definition) is 2. The van der Waals surface area contributed by atoms with E-state index in [1.54, 1.807) is 24.3 Å². The third-order valence-corrected chi connectivity index (χ3v) is 4.14. The molecule has 0 unspecified atom stereocenters. The zero-order chi connectivity index (χ0) is 18.9. The zero-order valence-electron chi connectivity index (χ0n) is 14.8. The molecule has 26 heavy (non-hydrogen) atoms. The first-order valence-corrected chi connectivity index (χ1v) is 8.20. The van der Waals surface area contributed by atoms with Crippen molar-refractivity contribution in [1.82, 2.24) is 4.98 Å². The second kappa shape index (κ2) is 6.74. The van der Waals surface area contributed by atoms with Crippen molar-refractivity contribution in [2.45, 2.75) is 26.2 Å². The fourth-order valence-corrected chi connectivity index (χ4v) is 2.61. The lowest BCUT2D eigenvalue weighted by atomic mass is 9.87. The minimum atomic E-state index is -1.17. The van der Waals surface area contributed by atoms with Crippen molar-refractivity contribution in [3.63, 3.8) is 0 Å². The zero-order valence-corrected chi connectivity index (χ0v) is 14.8. The molecule has 0 aliphatic heterocycles. The largest absolute Gasteiger partial charge is 0.630 e. The van der Waals surface area contributed by atoms with Gasteiger partial charge in [-0.15, -0.1) is 0 Å². The molecule has 3 aromatic rings. The molecule has 0 spiro atoms. The summed E-state index contributed by atoms with van der Waals surface area (Å²) in [5.41, 5.74) is 3.52. The molecule has 0 aliphatic rings. The van der Waals surface area contributed by atoms with Crippen LogP contribution in [-0.2, 0) is 5.41 Å². The van der Waals surface area contributed by atoms with Crippen LogP contribution >= 0.6 is 0 Å². The maximum atomic E-state index is 11.6. The van der Waals surface area contributed by atoms with Crippen LogP contribution in [0.4, 0.5) is 5.69 Å². The van der Waals surface area contributed by atoms with Crippen LogP contribution < -0.4 is 5.48 Å². The van der Waals surface area contributed by atoms with Crippen LogP contribution in [0.15, 0.2) is 52.9 Å². The summed E-state index contributed by atoms with van der Waals surface area (Å²) in [6.07, 6.45) is 0. The maximum Gasteiger partial charge on any atom is 0.358 e. The Morgan fingerprint density at radius 1 is 1.04 bits per heavy atom. The lowest BCUT2D eigenvalue weighted by Gasteiger charge is -2.18. The topological polar surface area (TPSA) is 103 Å². The third kappa shape index (κ3) is 3.51. The van der Waals surface area contributed by atoms with E-state index in [0.29, 0.717) is 16.8 Å². The normalized spacial score (nSPS) is 11.5. The summed E-state index contributed by atoms with van der Waals surface area (Å²) in [5.74, 6) is -0.747. The highest BCUT2D eigenvalue weighted by Gasteiger charge is 2.22. The van der Waals surface area contributed by atoms with Gasteiger partial charge in [-0.3, -0.25) is 0 Å². The molecule has 1 heterocycles. The van der Waals surface area contributed by atoms with Crippen molar-refractivity contribution < 1.29 is 19.8 Å². The van der Waals surface area contributed by atoms with E-state index in [1.807, 2.05) is 24.3 Å². The van der Waals surface area contributed by atoms with Crippen LogP contribution in [0.2, 0.25) is 0 Å². The predicted octanol–water partition coefficient (Wildman–Crippen LogP) is 3.70. The Morgan fingerprint density at radius 3 is 2.12 bits per heavy atom. The Kier molecular flexibility index (Phi) is 4.63. The maximum absolute atomic E-state index is 11.6. The lowest BCUT2D eigenvalue weighted by Crippen LogP contribution is -2.70. The van der Waals surface area contributed by atoms with Gasteiger partial charge in [0.1, 0.15) is 5.69 Å². The molecular weight excluding hydrogens is 332 g/mol. The number of nitrogens with two attached hydrogens (primary N) is 1. The van der Waals surface area contributed by atoms with E-state index in [2.05, 4.69) is 25.8 Å². The van der Waals surface area contributed by atoms with Crippen molar-refractivity contribution >= 4 is 11.7 Å². The van der Waals surface area contributed by atoms with Gasteiger partial charge in [-0.1, -0.05) is 32.9 Å². The van der Waals surface area contributed by atoms with E-state index >= 15 is 0 Å². The minimum Gasteiger partial charge on any atom is -0.630 e. The quantitative estimate of drug-likeness (QED) is 0.550. The predicted molar refractivity (Wildman–Crippen MR) is 98.0 cm³/mol. The van der Waals surface area contributed by atoms with Crippen LogP contribution in [0, 0.1) is 5.21 Å². The van der Waals surface area contributed by atoms with Crippen LogP contribution in [0.5, 0.6) is 0 Å². The Labute approximate surface area is 151 Å². The molecular formula is C20H20N2O4. The molecule has 0 atom stereocenters. The highest BCUT2D eigenvalue weighted by molar-refractivity contribution is 5.93. The Hall–Kier alpha value is -2.96. The van der Waals surface area contributed by atoms with Crippen molar-refractivity contribution in [3.05, 3.63) is 65.0 Å². The van der Waals surface area contributed by atoms with Gasteiger partial charge < -0.3 is 20.2 Å². The minimum absolute atomic E-state index is 0.0207. The summed E-state index contributed by atoms with van der Waals surface area (Å²) < 4.78 is 5.77. The van der Waals surface area contributed by atoms with Gasteiger partial charge in [-0.05, 0) is 47.4 Å². The second-order valence-corrected chi connectivity index (χ2v) is 7.07. The van der Waals surface area contributed by atoms with E-state index in [-0.39, 0.29) is 22.8 Å². The SMILES string of the molecule is CC(C)(C)c1ccc(-c2nc(C(=O)O)c(-c3ccc([NH2+][O-])cc3)o2)cc1. The number of quaternary nitrogens is 1. The summed E-state index contributed by atoms with van der Waals surface area (Å²) in [7, 11) is 0. The number of aromatic carboxylic acids is 1. The Bertz CT molecular complexity index is 920. The molecule has 0 amide bonds. The van der Waals surface area contributed by atoms with E-state index in [1.165, 1.54) is 0 Å². The molecule has 6 nitrogen and oxygen atoms in total. The van der Waals surface area contributed by atoms with Crippen molar-refractivity contribution in [2.75, 3.05) is 0 Å². The Morgan fingerprint density at radius 2 is 1.62 bits per heavy atom. The lowest BCUT2D eigenvalue weighted by molar-refractivity contribution is -0.497. The molecule has 2 aromatic carbocycles. The second-order valence-electron chi connectivity index (χ2n) is 7.07. The van der Waals surface area contributed by atoms with Gasteiger partial charge in [0.05, 0.1) is 0 Å².